The van der Waals surface area contributed by atoms with E-state index in [0.29, 0.717) is 0 Å². The number of fused-ring (bicyclic) bond motifs is 1. The Hall–Kier alpha value is -1.67. The summed E-state index contributed by atoms with van der Waals surface area (Å²) in [4.78, 5) is 0. The van der Waals surface area contributed by atoms with Gasteiger partial charge >= 0.3 is 0 Å². The molecule has 2 heteroatoms. The molecule has 0 amide bonds. The first-order chi connectivity index (χ1) is 9.95. The van der Waals surface area contributed by atoms with E-state index in [2.05, 4.69) is 44.3 Å². The molecule has 21 heavy (non-hydrogen) atoms. The van der Waals surface area contributed by atoms with E-state index in [1.807, 2.05) is 6.07 Å². The van der Waals surface area contributed by atoms with Gasteiger partial charge in [0.2, 0.25) is 0 Å². The van der Waals surface area contributed by atoms with Crippen molar-refractivity contribution in [2.24, 2.45) is 0 Å². The molecule has 2 aromatic carbocycles. The number of hydrogen-bond acceptors (Lipinski definition) is 1. The maximum absolute atomic E-state index is 13.5. The minimum Gasteiger partial charge on any atom is -0.306 e. The number of benzene rings is 2. The van der Waals surface area contributed by atoms with Gasteiger partial charge < -0.3 is 5.32 Å². The highest BCUT2D eigenvalue weighted by molar-refractivity contribution is 5.43. The largest absolute Gasteiger partial charge is 0.306 e. The minimum absolute atomic E-state index is 0.0896. The monoisotopic (exact) mass is 283 g/mol. The average molecular weight is 283 g/mol. The number of rotatable bonds is 1. The first-order valence-corrected chi connectivity index (χ1v) is 7.57. The van der Waals surface area contributed by atoms with Crippen LogP contribution in [0.3, 0.4) is 0 Å². The molecule has 1 N–H and O–H groups in total. The van der Waals surface area contributed by atoms with Gasteiger partial charge in [-0.2, -0.15) is 0 Å². The second kappa shape index (κ2) is 5.27. The Morgan fingerprint density at radius 2 is 1.90 bits per heavy atom. The van der Waals surface area contributed by atoms with Gasteiger partial charge in [-0.15, -0.1) is 0 Å². The van der Waals surface area contributed by atoms with Crippen molar-refractivity contribution in [3.8, 4) is 0 Å². The van der Waals surface area contributed by atoms with Gasteiger partial charge in [-0.3, -0.25) is 0 Å². The second-order valence-corrected chi connectivity index (χ2v) is 6.86. The van der Waals surface area contributed by atoms with Gasteiger partial charge in [-0.1, -0.05) is 51.1 Å². The predicted molar refractivity (Wildman–Crippen MR) is 85.1 cm³/mol. The van der Waals surface area contributed by atoms with Crippen LogP contribution < -0.4 is 5.32 Å². The normalized spacial score (nSPS) is 18.4. The van der Waals surface area contributed by atoms with E-state index >= 15 is 0 Å². The minimum atomic E-state index is -0.173. The van der Waals surface area contributed by atoms with Crippen LogP contribution in [-0.2, 0) is 11.8 Å². The zero-order valence-corrected chi connectivity index (χ0v) is 12.9. The van der Waals surface area contributed by atoms with E-state index in [4.69, 9.17) is 0 Å². The molecule has 0 radical (unpaired) electrons. The van der Waals surface area contributed by atoms with Crippen molar-refractivity contribution in [2.45, 2.75) is 38.6 Å². The molecule has 0 bridgehead atoms. The fourth-order valence-corrected chi connectivity index (χ4v) is 3.00. The van der Waals surface area contributed by atoms with Gasteiger partial charge in [0.25, 0.3) is 0 Å². The van der Waals surface area contributed by atoms with Crippen LogP contribution in [0.25, 0.3) is 0 Å². The van der Waals surface area contributed by atoms with Crippen molar-refractivity contribution in [1.29, 1.82) is 0 Å². The van der Waals surface area contributed by atoms with E-state index in [1.165, 1.54) is 22.8 Å². The lowest BCUT2D eigenvalue weighted by atomic mass is 9.81. The lowest BCUT2D eigenvalue weighted by Gasteiger charge is -2.30. The number of nitrogens with one attached hydrogen (secondary N) is 1. The molecule has 1 heterocycles. The topological polar surface area (TPSA) is 12.0 Å². The first kappa shape index (κ1) is 14.3. The Balaban J connectivity index is 2.08. The fourth-order valence-electron chi connectivity index (χ4n) is 3.00. The maximum Gasteiger partial charge on any atom is 0.123 e. The van der Waals surface area contributed by atoms with Crippen LogP contribution in [0.4, 0.5) is 4.39 Å². The van der Waals surface area contributed by atoms with Crippen molar-refractivity contribution in [3.05, 3.63) is 70.5 Å². The Labute approximate surface area is 126 Å². The van der Waals surface area contributed by atoms with Crippen LogP contribution in [0.1, 0.15) is 49.1 Å². The predicted octanol–water partition coefficient (Wildman–Crippen LogP) is 4.36. The first-order valence-electron chi connectivity index (χ1n) is 7.57. The summed E-state index contributed by atoms with van der Waals surface area (Å²) in [6, 6.07) is 13.8. The highest BCUT2D eigenvalue weighted by Gasteiger charge is 2.24. The molecule has 1 unspecified atom stereocenters. The molecule has 1 aliphatic rings. The van der Waals surface area contributed by atoms with Crippen molar-refractivity contribution >= 4 is 0 Å². The average Bonchev–Trinajstić information content (AvgIpc) is 2.45. The highest BCUT2D eigenvalue weighted by atomic mass is 19.1. The zero-order chi connectivity index (χ0) is 15.0. The smallest absolute Gasteiger partial charge is 0.123 e. The Bertz CT molecular complexity index is 655. The van der Waals surface area contributed by atoms with Gasteiger partial charge in [0.1, 0.15) is 5.82 Å². The van der Waals surface area contributed by atoms with Gasteiger partial charge in [-0.25, -0.2) is 4.39 Å². The Kier molecular flexibility index (Phi) is 3.58. The summed E-state index contributed by atoms with van der Waals surface area (Å²) in [5, 5.41) is 3.53. The van der Waals surface area contributed by atoms with Crippen LogP contribution in [0.5, 0.6) is 0 Å². The molecule has 2 aromatic rings. The molecule has 0 fully saturated rings. The molecule has 3 rings (SSSR count). The van der Waals surface area contributed by atoms with Crippen LogP contribution in [0, 0.1) is 5.82 Å². The van der Waals surface area contributed by atoms with Crippen LogP contribution >= 0.6 is 0 Å². The van der Waals surface area contributed by atoms with E-state index in [-0.39, 0.29) is 17.3 Å². The molecule has 110 valence electrons. The van der Waals surface area contributed by atoms with Crippen LogP contribution in [-0.4, -0.2) is 6.54 Å². The van der Waals surface area contributed by atoms with E-state index in [1.54, 1.807) is 12.1 Å². The third-order valence-corrected chi connectivity index (χ3v) is 4.25. The molecule has 0 aliphatic carbocycles. The maximum atomic E-state index is 13.5. The summed E-state index contributed by atoms with van der Waals surface area (Å²) in [5.41, 5.74) is 5.11. The molecule has 1 atom stereocenters. The number of halogens is 1. The van der Waals surface area contributed by atoms with Gasteiger partial charge in [0.15, 0.2) is 0 Å². The number of hydrogen-bond donors (Lipinski definition) is 1. The standard InChI is InChI=1S/C19H22FN/c1-19(2,3)15-8-7-13-9-10-21-18(17(13)12-15)14-5-4-6-16(20)11-14/h4-8,11-12,18,21H,9-10H2,1-3H3. The van der Waals surface area contributed by atoms with E-state index < -0.39 is 0 Å². The summed E-state index contributed by atoms with van der Waals surface area (Å²) in [6.07, 6.45) is 1.03. The van der Waals surface area contributed by atoms with Crippen LogP contribution in [0.15, 0.2) is 42.5 Å². The second-order valence-electron chi connectivity index (χ2n) is 6.86. The quantitative estimate of drug-likeness (QED) is 0.820. The summed E-state index contributed by atoms with van der Waals surface area (Å²) in [6.45, 7) is 7.61. The molecule has 1 aliphatic heterocycles. The van der Waals surface area contributed by atoms with Gasteiger partial charge in [0.05, 0.1) is 6.04 Å². The fraction of sp³-hybridized carbons (Fsp3) is 0.368. The summed E-state index contributed by atoms with van der Waals surface area (Å²) in [7, 11) is 0. The van der Waals surface area contributed by atoms with Crippen molar-refractivity contribution < 1.29 is 4.39 Å². The third kappa shape index (κ3) is 2.86. The summed E-state index contributed by atoms with van der Waals surface area (Å²) < 4.78 is 13.5. The molecule has 0 saturated carbocycles. The molecular formula is C19H22FN. The Morgan fingerprint density at radius 3 is 2.62 bits per heavy atom. The molecule has 0 aromatic heterocycles. The third-order valence-electron chi connectivity index (χ3n) is 4.25. The lowest BCUT2D eigenvalue weighted by Crippen LogP contribution is -2.31. The van der Waals surface area contributed by atoms with Gasteiger partial charge in [0, 0.05) is 6.54 Å². The molecule has 1 nitrogen and oxygen atoms in total. The summed E-state index contributed by atoms with van der Waals surface area (Å²) in [5.74, 6) is -0.173. The summed E-state index contributed by atoms with van der Waals surface area (Å²) >= 11 is 0. The SMILES string of the molecule is CC(C)(C)c1ccc2c(c1)C(c1cccc(F)c1)NCC2. The van der Waals surface area contributed by atoms with Crippen LogP contribution in [0.2, 0.25) is 0 Å². The van der Waals surface area contributed by atoms with E-state index in [0.717, 1.165) is 18.5 Å². The highest BCUT2D eigenvalue weighted by Crippen LogP contribution is 2.33. The molecule has 0 saturated heterocycles. The molecular weight excluding hydrogens is 261 g/mol. The zero-order valence-electron chi connectivity index (χ0n) is 12.9. The van der Waals surface area contributed by atoms with Crippen molar-refractivity contribution in [2.75, 3.05) is 6.54 Å². The van der Waals surface area contributed by atoms with Crippen molar-refractivity contribution in [3.63, 3.8) is 0 Å². The Morgan fingerprint density at radius 1 is 1.10 bits per heavy atom. The van der Waals surface area contributed by atoms with Gasteiger partial charge in [-0.05, 0) is 46.2 Å². The molecule has 0 spiro atoms. The van der Waals surface area contributed by atoms with E-state index in [9.17, 15) is 4.39 Å². The lowest BCUT2D eigenvalue weighted by molar-refractivity contribution is 0.550. The van der Waals surface area contributed by atoms with Crippen molar-refractivity contribution in [1.82, 2.24) is 5.32 Å².